The first-order valence-electron chi connectivity index (χ1n) is 11.9. The average Bonchev–Trinajstić information content (AvgIpc) is 2.70. The normalized spacial score (nSPS) is 12.1. The highest BCUT2D eigenvalue weighted by molar-refractivity contribution is 9.09. The summed E-state index contributed by atoms with van der Waals surface area (Å²) in [7, 11) is 0. The molecule has 0 bridgehead atoms. The molecule has 0 amide bonds. The highest BCUT2D eigenvalue weighted by Crippen LogP contribution is 2.12. The van der Waals surface area contributed by atoms with Gasteiger partial charge in [0, 0.05) is 13.1 Å². The third-order valence-electron chi connectivity index (χ3n) is 4.66. The molecule has 0 rings (SSSR count). The summed E-state index contributed by atoms with van der Waals surface area (Å²) in [5.41, 5.74) is 0. The second kappa shape index (κ2) is 23.5. The maximum atomic E-state index is 11.5. The number of alkyl halides is 1. The zero-order valence-electron chi connectivity index (χ0n) is 18.4. The van der Waals surface area contributed by atoms with Gasteiger partial charge in [-0.15, -0.1) is 0 Å². The number of rotatable bonds is 20. The van der Waals surface area contributed by atoms with E-state index in [9.17, 15) is 4.79 Å². The number of hydrogen-bond donors (Lipinski definition) is 0. The molecule has 0 aromatic carbocycles. The van der Waals surface area contributed by atoms with Crippen molar-refractivity contribution in [3.8, 4) is 0 Å². The van der Waals surface area contributed by atoms with Crippen LogP contribution in [0.25, 0.3) is 0 Å². The number of esters is 1. The molecule has 0 saturated heterocycles. The molecule has 0 aliphatic carbocycles. The minimum absolute atomic E-state index is 0.136. The number of carbonyl (C=O) groups is 1. The van der Waals surface area contributed by atoms with E-state index in [1.54, 1.807) is 0 Å². The van der Waals surface area contributed by atoms with Gasteiger partial charge in [0.1, 0.15) is 0 Å². The molecular weight excluding hydrogens is 400 g/mol. The van der Waals surface area contributed by atoms with Crippen LogP contribution in [0, 0.1) is 0 Å². The van der Waals surface area contributed by atoms with Crippen LogP contribution in [0.5, 0.6) is 0 Å². The molecule has 0 aliphatic rings. The fraction of sp³-hybridized carbons (Fsp3) is 0.792. The number of carbonyl (C=O) groups excluding carboxylic acids is 1. The number of ether oxygens (including phenoxy) is 1. The van der Waals surface area contributed by atoms with Crippen molar-refractivity contribution in [3.63, 3.8) is 0 Å². The van der Waals surface area contributed by atoms with E-state index in [4.69, 9.17) is 6.11 Å². The maximum absolute atomic E-state index is 11.5. The third kappa shape index (κ3) is 23.4. The van der Waals surface area contributed by atoms with E-state index in [1.165, 1.54) is 76.9 Å². The predicted molar refractivity (Wildman–Crippen MR) is 122 cm³/mol. The highest BCUT2D eigenvalue weighted by Gasteiger charge is 1.99. The first-order valence-corrected chi connectivity index (χ1v) is 12.3. The van der Waals surface area contributed by atoms with Crippen molar-refractivity contribution >= 4 is 21.9 Å². The quantitative estimate of drug-likeness (QED) is 0.0617. The van der Waals surface area contributed by atoms with Gasteiger partial charge < -0.3 is 4.74 Å². The molecule has 0 fully saturated rings. The molecule has 3 heteroatoms. The van der Waals surface area contributed by atoms with Crippen molar-refractivity contribution in [3.05, 3.63) is 24.5 Å². The zero-order valence-corrected chi connectivity index (χ0v) is 19.0. The molecule has 0 aromatic heterocycles. The monoisotopic (exact) mass is 443 g/mol. The molecule has 27 heavy (non-hydrogen) atoms. The number of allylic oxidation sites excluding steroid dienone is 3. The van der Waals surface area contributed by atoms with Crippen LogP contribution < -0.4 is 0 Å². The number of halogens is 1. The van der Waals surface area contributed by atoms with E-state index in [1.807, 2.05) is 12.2 Å². The molecule has 0 aromatic rings. The van der Waals surface area contributed by atoms with Gasteiger partial charge in [-0.2, -0.15) is 0 Å². The van der Waals surface area contributed by atoms with Crippen LogP contribution in [-0.2, 0) is 9.53 Å². The fourth-order valence-electron chi connectivity index (χ4n) is 2.96. The maximum Gasteiger partial charge on any atom is 0.310 e. The summed E-state index contributed by atoms with van der Waals surface area (Å²) in [4.78, 5) is 11.5. The summed E-state index contributed by atoms with van der Waals surface area (Å²) < 4.78 is 12.2. The molecule has 0 spiro atoms. The first-order chi connectivity index (χ1) is 13.8. The van der Waals surface area contributed by atoms with Crippen molar-refractivity contribution < 1.29 is 10.9 Å². The summed E-state index contributed by atoms with van der Waals surface area (Å²) >= 11 is 3.39. The summed E-state index contributed by atoms with van der Waals surface area (Å²) in [6, 6.07) is 0. The number of unbranched alkanes of at least 4 members (excludes halogenated alkanes) is 14. The average molecular weight is 445 g/mol. The molecule has 0 atom stereocenters. The second-order valence-electron chi connectivity index (χ2n) is 7.28. The Balaban J connectivity index is 3.26. The minimum Gasteiger partial charge on any atom is -0.434 e. The molecule has 0 aliphatic heterocycles. The lowest BCUT2D eigenvalue weighted by Gasteiger charge is -2.02. The second-order valence-corrected chi connectivity index (χ2v) is 8.07. The predicted octanol–water partition coefficient (Wildman–Crippen LogP) is 8.65. The van der Waals surface area contributed by atoms with Gasteiger partial charge in [-0.3, -0.25) is 4.79 Å². The topological polar surface area (TPSA) is 26.3 Å². The molecule has 0 unspecified atom stereocenters. The van der Waals surface area contributed by atoms with Crippen LogP contribution in [0.1, 0.15) is 117 Å². The van der Waals surface area contributed by atoms with E-state index in [0.29, 0.717) is 13.3 Å². The van der Waals surface area contributed by atoms with Crippen LogP contribution in [0.15, 0.2) is 24.5 Å². The summed E-state index contributed by atoms with van der Waals surface area (Å²) in [6.07, 6.45) is 27.9. The molecule has 0 radical (unpaired) electrons. The van der Waals surface area contributed by atoms with Crippen molar-refractivity contribution in [1.82, 2.24) is 0 Å². The van der Waals surface area contributed by atoms with E-state index in [0.717, 1.165) is 37.4 Å². The Morgan fingerprint density at radius 2 is 1.41 bits per heavy atom. The summed E-state index contributed by atoms with van der Waals surface area (Å²) in [6.45, 7) is 0.597. The molecule has 0 saturated carbocycles. The Kier molecular flexibility index (Phi) is 21.3. The van der Waals surface area contributed by atoms with Gasteiger partial charge in [0.25, 0.3) is 0 Å². The van der Waals surface area contributed by atoms with Crippen molar-refractivity contribution in [1.29, 1.82) is 0 Å². The van der Waals surface area contributed by atoms with Crippen LogP contribution in [0.2, 0.25) is 0 Å². The summed E-state index contributed by atoms with van der Waals surface area (Å²) in [5.74, 6) is -0.136. The third-order valence-corrected chi connectivity index (χ3v) is 5.22. The van der Waals surface area contributed by atoms with Gasteiger partial charge in [0.2, 0.25) is 0 Å². The zero-order chi connectivity index (χ0) is 20.5. The van der Waals surface area contributed by atoms with E-state index < -0.39 is 0 Å². The molecule has 158 valence electrons. The smallest absolute Gasteiger partial charge is 0.310 e. The Bertz CT molecular complexity index is 383. The van der Waals surface area contributed by atoms with E-state index in [-0.39, 0.29) is 5.97 Å². The van der Waals surface area contributed by atoms with Crippen LogP contribution in [-0.4, -0.2) is 11.3 Å². The van der Waals surface area contributed by atoms with Crippen molar-refractivity contribution in [2.45, 2.75) is 116 Å². The molecule has 0 heterocycles. The van der Waals surface area contributed by atoms with Crippen LogP contribution in [0.4, 0.5) is 0 Å². The number of hydrogen-bond acceptors (Lipinski definition) is 2. The lowest BCUT2D eigenvalue weighted by atomic mass is 10.0. The van der Waals surface area contributed by atoms with Crippen molar-refractivity contribution in [2.24, 2.45) is 0 Å². The van der Waals surface area contributed by atoms with E-state index in [2.05, 4.69) is 22.0 Å². The first kappa shape index (κ1) is 24.5. The Hall–Kier alpha value is -0.570. The SMILES string of the molecule is [2H]CCCCCCCCCCCCCCC=CC=COC(=O)CCCCCBr. The Labute approximate surface area is 178 Å². The lowest BCUT2D eigenvalue weighted by Crippen LogP contribution is -1.98. The Morgan fingerprint density at radius 3 is 2.04 bits per heavy atom. The standard InChI is InChI=1S/C24H43BrO2/c1-2-3-4-5-6-7-8-9-10-11-12-13-14-15-16-20-23-27-24(26)21-18-17-19-22-25/h15-16,20,23H,2-14,17-19,21-22H2,1H3/i1D. The van der Waals surface area contributed by atoms with Crippen molar-refractivity contribution in [2.75, 3.05) is 5.33 Å². The van der Waals surface area contributed by atoms with Gasteiger partial charge in [-0.05, 0) is 31.8 Å². The largest absolute Gasteiger partial charge is 0.434 e. The molecule has 2 nitrogen and oxygen atoms in total. The Morgan fingerprint density at radius 1 is 0.815 bits per heavy atom. The fourth-order valence-corrected chi connectivity index (χ4v) is 3.36. The van der Waals surface area contributed by atoms with Gasteiger partial charge in [0.15, 0.2) is 0 Å². The minimum atomic E-state index is -0.136. The molecular formula is C24H43BrO2. The van der Waals surface area contributed by atoms with Crippen LogP contribution in [0.3, 0.4) is 0 Å². The van der Waals surface area contributed by atoms with E-state index >= 15 is 0 Å². The van der Waals surface area contributed by atoms with Gasteiger partial charge in [-0.1, -0.05) is 112 Å². The summed E-state index contributed by atoms with van der Waals surface area (Å²) in [5, 5.41) is 1.00. The lowest BCUT2D eigenvalue weighted by molar-refractivity contribution is -0.138. The van der Waals surface area contributed by atoms with Gasteiger partial charge in [-0.25, -0.2) is 0 Å². The van der Waals surface area contributed by atoms with Crippen LogP contribution >= 0.6 is 15.9 Å². The molecule has 0 N–H and O–H groups in total. The highest BCUT2D eigenvalue weighted by atomic mass is 79.9. The van der Waals surface area contributed by atoms with Gasteiger partial charge in [0.05, 0.1) is 6.26 Å². The van der Waals surface area contributed by atoms with Gasteiger partial charge >= 0.3 is 5.97 Å².